The zero-order valence-electron chi connectivity index (χ0n) is 17.9. The molecule has 2 aliphatic heterocycles. The van der Waals surface area contributed by atoms with Crippen LogP contribution in [0.25, 0.3) is 0 Å². The number of amides is 1. The molecule has 2 aromatic carbocycles. The van der Waals surface area contributed by atoms with Crippen LogP contribution in [0.3, 0.4) is 0 Å². The molecule has 1 amide bonds. The van der Waals surface area contributed by atoms with Gasteiger partial charge in [0.25, 0.3) is 0 Å². The molecule has 176 valence electrons. The second-order valence-electron chi connectivity index (χ2n) is 7.82. The highest BCUT2D eigenvalue weighted by Gasteiger charge is 2.39. The van der Waals surface area contributed by atoms with Crippen LogP contribution < -0.4 is 5.32 Å². The SMILES string of the molecule is N#CNC(=NCc1ccccc1Br)N1CC(N2CCCC2=O)C(c2ccc(C(F)(F)F)cc2)=N1. The molecule has 4 rings (SSSR count). The summed E-state index contributed by atoms with van der Waals surface area (Å²) in [6.07, 6.45) is -1.47. The van der Waals surface area contributed by atoms with Gasteiger partial charge in [0.05, 0.1) is 30.4 Å². The Morgan fingerprint density at radius 2 is 1.97 bits per heavy atom. The van der Waals surface area contributed by atoms with Gasteiger partial charge in [-0.15, -0.1) is 0 Å². The molecular weight excluding hydrogens is 513 g/mol. The normalized spacial score (nSPS) is 18.8. The zero-order valence-corrected chi connectivity index (χ0v) is 19.5. The van der Waals surface area contributed by atoms with Crippen molar-refractivity contribution in [2.45, 2.75) is 31.6 Å². The van der Waals surface area contributed by atoms with E-state index in [2.05, 4.69) is 31.3 Å². The quantitative estimate of drug-likeness (QED) is 0.278. The maximum Gasteiger partial charge on any atom is 0.416 e. The van der Waals surface area contributed by atoms with E-state index in [1.165, 1.54) is 17.1 Å². The highest BCUT2D eigenvalue weighted by Crippen LogP contribution is 2.30. The minimum absolute atomic E-state index is 0.0357. The Morgan fingerprint density at radius 1 is 1.24 bits per heavy atom. The molecule has 0 aliphatic carbocycles. The van der Waals surface area contributed by atoms with E-state index in [9.17, 15) is 23.2 Å². The van der Waals surface area contributed by atoms with Crippen molar-refractivity contribution in [1.82, 2.24) is 15.2 Å². The van der Waals surface area contributed by atoms with Gasteiger partial charge in [-0.25, -0.2) is 10.0 Å². The van der Waals surface area contributed by atoms with Crippen molar-refractivity contribution in [3.05, 3.63) is 69.7 Å². The van der Waals surface area contributed by atoms with Gasteiger partial charge in [-0.1, -0.05) is 46.3 Å². The van der Waals surface area contributed by atoms with Gasteiger partial charge in [0.2, 0.25) is 11.9 Å². The molecule has 1 N–H and O–H groups in total. The fourth-order valence-electron chi connectivity index (χ4n) is 3.97. The number of likely N-dealkylation sites (tertiary alicyclic amines) is 1. The standard InChI is InChI=1S/C23H20BrF3N6O/c24-18-5-2-1-4-16(18)12-29-22(30-14-28)33-13-19(32-11-3-6-20(32)34)21(31-33)15-7-9-17(10-8-15)23(25,26)27/h1-2,4-5,7-10,19H,3,6,11-13H2,(H,29,30). The van der Waals surface area contributed by atoms with Crippen molar-refractivity contribution >= 4 is 33.5 Å². The lowest BCUT2D eigenvalue weighted by Crippen LogP contribution is -2.45. The molecule has 0 bridgehead atoms. The van der Waals surface area contributed by atoms with E-state index in [1.54, 1.807) is 4.90 Å². The van der Waals surface area contributed by atoms with Gasteiger partial charge in [-0.3, -0.25) is 10.1 Å². The first-order chi connectivity index (χ1) is 16.3. The van der Waals surface area contributed by atoms with E-state index < -0.39 is 17.8 Å². The Morgan fingerprint density at radius 3 is 2.59 bits per heavy atom. The summed E-state index contributed by atoms with van der Waals surface area (Å²) in [6.45, 7) is 1.03. The van der Waals surface area contributed by atoms with Crippen LogP contribution in [-0.4, -0.2) is 46.6 Å². The van der Waals surface area contributed by atoms with Gasteiger partial charge in [0.15, 0.2) is 6.19 Å². The highest BCUT2D eigenvalue weighted by atomic mass is 79.9. The molecule has 1 atom stereocenters. The molecule has 0 radical (unpaired) electrons. The van der Waals surface area contributed by atoms with Crippen molar-refractivity contribution in [2.24, 2.45) is 10.1 Å². The van der Waals surface area contributed by atoms with E-state index in [0.29, 0.717) is 30.7 Å². The van der Waals surface area contributed by atoms with E-state index in [-0.39, 0.29) is 25.0 Å². The zero-order chi connectivity index (χ0) is 24.3. The number of nitriles is 1. The number of halogens is 4. The Balaban J connectivity index is 1.67. The monoisotopic (exact) mass is 532 g/mol. The Hall–Kier alpha value is -3.39. The van der Waals surface area contributed by atoms with Crippen LogP contribution in [0.5, 0.6) is 0 Å². The van der Waals surface area contributed by atoms with Gasteiger partial charge >= 0.3 is 6.18 Å². The van der Waals surface area contributed by atoms with Crippen LogP contribution >= 0.6 is 15.9 Å². The number of hydrogen-bond donors (Lipinski definition) is 1. The lowest BCUT2D eigenvalue weighted by molar-refractivity contribution is -0.137. The van der Waals surface area contributed by atoms with Gasteiger partial charge in [0, 0.05) is 17.4 Å². The maximum absolute atomic E-state index is 13.0. The number of alkyl halides is 3. The van der Waals surface area contributed by atoms with Gasteiger partial charge in [-0.05, 0) is 35.7 Å². The van der Waals surface area contributed by atoms with Gasteiger partial charge in [0.1, 0.15) is 0 Å². The molecule has 0 aromatic heterocycles. The first-order valence-corrected chi connectivity index (χ1v) is 11.3. The fraction of sp³-hybridized carbons (Fsp3) is 0.304. The van der Waals surface area contributed by atoms with Crippen LogP contribution in [-0.2, 0) is 17.5 Å². The number of rotatable bonds is 4. The predicted octanol–water partition coefficient (Wildman–Crippen LogP) is 4.11. The van der Waals surface area contributed by atoms with Crippen LogP contribution in [0.1, 0.15) is 29.5 Å². The van der Waals surface area contributed by atoms with E-state index >= 15 is 0 Å². The summed E-state index contributed by atoms with van der Waals surface area (Å²) in [4.78, 5) is 18.7. The summed E-state index contributed by atoms with van der Waals surface area (Å²) in [5, 5.41) is 17.9. The van der Waals surface area contributed by atoms with Crippen LogP contribution in [0.4, 0.5) is 13.2 Å². The molecule has 2 aliphatic rings. The van der Waals surface area contributed by atoms with E-state index in [1.807, 2.05) is 30.5 Å². The van der Waals surface area contributed by atoms with Crippen molar-refractivity contribution in [2.75, 3.05) is 13.1 Å². The predicted molar refractivity (Wildman–Crippen MR) is 123 cm³/mol. The number of carbonyl (C=O) groups excluding carboxylic acids is 1. The third-order valence-corrected chi connectivity index (χ3v) is 6.43. The number of nitrogens with zero attached hydrogens (tertiary/aromatic N) is 5. The third-order valence-electron chi connectivity index (χ3n) is 5.65. The lowest BCUT2D eigenvalue weighted by Gasteiger charge is -2.25. The summed E-state index contributed by atoms with van der Waals surface area (Å²) < 4.78 is 39.9. The van der Waals surface area contributed by atoms with Crippen LogP contribution in [0.2, 0.25) is 0 Å². The summed E-state index contributed by atoms with van der Waals surface area (Å²) in [7, 11) is 0. The molecule has 0 saturated carbocycles. The molecule has 1 unspecified atom stereocenters. The summed E-state index contributed by atoms with van der Waals surface area (Å²) >= 11 is 3.47. The Labute approximate surface area is 202 Å². The molecule has 2 aromatic rings. The minimum Gasteiger partial charge on any atom is -0.332 e. The smallest absolute Gasteiger partial charge is 0.332 e. The number of nitrogens with one attached hydrogen (secondary N) is 1. The number of carbonyl (C=O) groups is 1. The molecule has 7 nitrogen and oxygen atoms in total. The Bertz CT molecular complexity index is 1170. The lowest BCUT2D eigenvalue weighted by atomic mass is 10.0. The van der Waals surface area contributed by atoms with Gasteiger partial charge in [-0.2, -0.15) is 23.5 Å². The molecule has 0 spiro atoms. The summed E-state index contributed by atoms with van der Waals surface area (Å²) in [6, 6.07) is 11.8. The maximum atomic E-state index is 13.0. The van der Waals surface area contributed by atoms with Crippen molar-refractivity contribution < 1.29 is 18.0 Å². The van der Waals surface area contributed by atoms with Gasteiger partial charge < -0.3 is 4.90 Å². The van der Waals surface area contributed by atoms with Crippen LogP contribution in [0.15, 0.2) is 63.1 Å². The minimum atomic E-state index is -4.45. The Kier molecular flexibility index (Phi) is 6.88. The average molecular weight is 533 g/mol. The van der Waals surface area contributed by atoms with Crippen molar-refractivity contribution in [3.63, 3.8) is 0 Å². The molecule has 11 heteroatoms. The van der Waals surface area contributed by atoms with E-state index in [0.717, 1.165) is 22.2 Å². The molecule has 2 heterocycles. The summed E-state index contributed by atoms with van der Waals surface area (Å²) in [5.41, 5.74) is 1.07. The molecule has 1 saturated heterocycles. The van der Waals surface area contributed by atoms with Crippen molar-refractivity contribution in [3.8, 4) is 6.19 Å². The summed E-state index contributed by atoms with van der Waals surface area (Å²) in [5.74, 6) is 0.156. The first kappa shape index (κ1) is 23.8. The topological polar surface area (TPSA) is 84.1 Å². The third kappa shape index (κ3) is 5.07. The largest absolute Gasteiger partial charge is 0.416 e. The molecule has 1 fully saturated rings. The average Bonchev–Trinajstić information content (AvgIpc) is 3.43. The number of guanidine groups is 1. The molecule has 34 heavy (non-hydrogen) atoms. The van der Waals surface area contributed by atoms with Crippen LogP contribution in [0, 0.1) is 11.5 Å². The fourth-order valence-corrected chi connectivity index (χ4v) is 4.38. The van der Waals surface area contributed by atoms with Crippen molar-refractivity contribution in [1.29, 1.82) is 5.26 Å². The van der Waals surface area contributed by atoms with E-state index in [4.69, 9.17) is 0 Å². The number of aliphatic imine (C=N–C) groups is 1. The number of benzene rings is 2. The second-order valence-corrected chi connectivity index (χ2v) is 8.67. The second kappa shape index (κ2) is 9.85. The molecular formula is C23H20BrF3N6O. The highest BCUT2D eigenvalue weighted by molar-refractivity contribution is 9.10. The number of hydrazone groups is 1. The first-order valence-electron chi connectivity index (χ1n) is 10.5. The number of hydrogen-bond acceptors (Lipinski definition) is 4.